The zero-order valence-corrected chi connectivity index (χ0v) is 10.0. The Morgan fingerprint density at radius 1 is 1.53 bits per heavy atom. The summed E-state index contributed by atoms with van der Waals surface area (Å²) in [7, 11) is -2.13. The minimum atomic E-state index is -3.38. The van der Waals surface area contributed by atoms with Crippen molar-refractivity contribution in [2.24, 2.45) is 0 Å². The van der Waals surface area contributed by atoms with E-state index in [-0.39, 0.29) is 30.2 Å². The van der Waals surface area contributed by atoms with Crippen molar-refractivity contribution in [1.82, 2.24) is 4.72 Å². The normalized spacial score (nSPS) is 11.1. The molecule has 0 bridgehead atoms. The first-order chi connectivity index (χ1) is 6.87. The van der Waals surface area contributed by atoms with Crippen molar-refractivity contribution in [1.29, 1.82) is 0 Å². The number of carbonyl (C=O) groups is 1. The van der Waals surface area contributed by atoms with Gasteiger partial charge in [0.15, 0.2) is 0 Å². The number of ether oxygens (including phenoxy) is 1. The second kappa shape index (κ2) is 6.81. The molecule has 0 aliphatic heterocycles. The Morgan fingerprint density at radius 2 is 2.13 bits per heavy atom. The van der Waals surface area contributed by atoms with Gasteiger partial charge in [-0.3, -0.25) is 4.79 Å². The van der Waals surface area contributed by atoms with Gasteiger partial charge < -0.3 is 4.74 Å². The number of halogens is 1. The van der Waals surface area contributed by atoms with Gasteiger partial charge in [0.25, 0.3) is 0 Å². The van der Waals surface area contributed by atoms with E-state index in [0.29, 0.717) is 0 Å². The molecule has 0 aromatic heterocycles. The van der Waals surface area contributed by atoms with Gasteiger partial charge in [-0.15, -0.1) is 0 Å². The smallest absolute Gasteiger partial charge is 0.305 e. The van der Waals surface area contributed by atoms with Crippen molar-refractivity contribution in [2.75, 3.05) is 19.4 Å². The number of methoxy groups -OCH3 is 1. The third kappa shape index (κ3) is 8.41. The molecule has 1 N–H and O–H groups in total. The molecule has 0 atom stereocenters. The van der Waals surface area contributed by atoms with Crippen molar-refractivity contribution in [2.45, 2.75) is 12.8 Å². The largest absolute Gasteiger partial charge is 0.469 e. The first kappa shape index (κ1) is 14.4. The van der Waals surface area contributed by atoms with Gasteiger partial charge in [0.2, 0.25) is 10.0 Å². The van der Waals surface area contributed by atoms with Gasteiger partial charge in [0.1, 0.15) is 0 Å². The summed E-state index contributed by atoms with van der Waals surface area (Å²) < 4.78 is 29.1. The fraction of sp³-hybridized carbons (Fsp3) is 0.625. The lowest BCUT2D eigenvalue weighted by molar-refractivity contribution is -0.140. The molecule has 0 saturated heterocycles. The first-order valence-corrected chi connectivity index (χ1v) is 6.28. The van der Waals surface area contributed by atoms with Crippen molar-refractivity contribution in [3.8, 4) is 0 Å². The summed E-state index contributed by atoms with van der Waals surface area (Å²) in [5.41, 5.74) is 0. The van der Waals surface area contributed by atoms with Crippen LogP contribution in [-0.4, -0.2) is 33.8 Å². The molecule has 0 radical (unpaired) electrons. The summed E-state index contributed by atoms with van der Waals surface area (Å²) in [5, 5.41) is 0.214. The zero-order valence-electron chi connectivity index (χ0n) is 8.45. The Kier molecular flexibility index (Phi) is 6.55. The van der Waals surface area contributed by atoms with Crippen LogP contribution in [0.5, 0.6) is 0 Å². The quantitative estimate of drug-likeness (QED) is 0.677. The molecule has 0 aliphatic carbocycles. The van der Waals surface area contributed by atoms with Gasteiger partial charge in [-0.05, 0) is 6.42 Å². The molecular formula is C8H14ClNO4S. The van der Waals surface area contributed by atoms with Crippen LogP contribution >= 0.6 is 11.6 Å². The maximum atomic E-state index is 11.2. The molecular weight excluding hydrogens is 242 g/mol. The van der Waals surface area contributed by atoms with Crippen LogP contribution in [-0.2, 0) is 19.6 Å². The van der Waals surface area contributed by atoms with E-state index in [1.54, 1.807) is 0 Å². The van der Waals surface area contributed by atoms with E-state index >= 15 is 0 Å². The summed E-state index contributed by atoms with van der Waals surface area (Å²) >= 11 is 5.40. The SMILES string of the molecule is C=C(Cl)CNS(=O)(=O)CCCC(=O)OC. The van der Waals surface area contributed by atoms with Crippen molar-refractivity contribution < 1.29 is 17.9 Å². The van der Waals surface area contributed by atoms with E-state index in [2.05, 4.69) is 16.0 Å². The fourth-order valence-electron chi connectivity index (χ4n) is 0.769. The Labute approximate surface area is 94.5 Å². The molecule has 0 amide bonds. The highest BCUT2D eigenvalue weighted by atomic mass is 35.5. The van der Waals surface area contributed by atoms with Crippen molar-refractivity contribution in [3.63, 3.8) is 0 Å². The van der Waals surface area contributed by atoms with Gasteiger partial charge in [-0.2, -0.15) is 0 Å². The highest BCUT2D eigenvalue weighted by Gasteiger charge is 2.11. The second-order valence-corrected chi connectivity index (χ2v) is 5.30. The summed E-state index contributed by atoms with van der Waals surface area (Å²) in [5.74, 6) is -0.557. The average Bonchev–Trinajstić information content (AvgIpc) is 2.14. The minimum Gasteiger partial charge on any atom is -0.469 e. The number of hydrogen-bond acceptors (Lipinski definition) is 4. The topological polar surface area (TPSA) is 72.5 Å². The third-order valence-electron chi connectivity index (χ3n) is 1.51. The number of sulfonamides is 1. The van der Waals surface area contributed by atoms with Gasteiger partial charge in [0.05, 0.1) is 12.9 Å². The molecule has 5 nitrogen and oxygen atoms in total. The van der Waals surface area contributed by atoms with Crippen LogP contribution in [0.1, 0.15) is 12.8 Å². The predicted molar refractivity (Wildman–Crippen MR) is 58.0 cm³/mol. The molecule has 15 heavy (non-hydrogen) atoms. The first-order valence-electron chi connectivity index (χ1n) is 4.25. The van der Waals surface area contributed by atoms with Crippen molar-refractivity contribution in [3.05, 3.63) is 11.6 Å². The van der Waals surface area contributed by atoms with Gasteiger partial charge in [0, 0.05) is 18.0 Å². The van der Waals surface area contributed by atoms with Gasteiger partial charge >= 0.3 is 5.97 Å². The molecule has 0 heterocycles. The third-order valence-corrected chi connectivity index (χ3v) is 3.05. The van der Waals surface area contributed by atoms with Crippen LogP contribution in [0, 0.1) is 0 Å². The molecule has 0 unspecified atom stereocenters. The number of hydrogen-bond donors (Lipinski definition) is 1. The lowest BCUT2D eigenvalue weighted by atomic mass is 10.3. The van der Waals surface area contributed by atoms with E-state index in [1.807, 2.05) is 0 Å². The van der Waals surface area contributed by atoms with E-state index in [4.69, 9.17) is 11.6 Å². The van der Waals surface area contributed by atoms with Crippen LogP contribution in [0.3, 0.4) is 0 Å². The molecule has 7 heteroatoms. The highest BCUT2D eigenvalue weighted by Crippen LogP contribution is 1.99. The Hall–Kier alpha value is -0.590. The van der Waals surface area contributed by atoms with E-state index in [9.17, 15) is 13.2 Å². The van der Waals surface area contributed by atoms with Crippen LogP contribution in [0.4, 0.5) is 0 Å². The number of rotatable bonds is 7. The molecule has 0 aromatic rings. The monoisotopic (exact) mass is 255 g/mol. The summed E-state index contributed by atoms with van der Waals surface area (Å²) in [6.07, 6.45) is 0.302. The lowest BCUT2D eigenvalue weighted by Gasteiger charge is -2.04. The van der Waals surface area contributed by atoms with Crippen LogP contribution < -0.4 is 4.72 Å². The summed E-state index contributed by atoms with van der Waals surface area (Å²) in [4.78, 5) is 10.7. The molecule has 0 fully saturated rings. The van der Waals surface area contributed by atoms with Crippen LogP contribution in [0.2, 0.25) is 0 Å². The van der Waals surface area contributed by atoms with Crippen molar-refractivity contribution >= 4 is 27.6 Å². The van der Waals surface area contributed by atoms with E-state index in [1.165, 1.54) is 7.11 Å². The number of carbonyl (C=O) groups excluding carboxylic acids is 1. The molecule has 0 aliphatic rings. The number of esters is 1. The minimum absolute atomic E-state index is 0.00210. The standard InChI is InChI=1S/C8H14ClNO4S/c1-7(9)6-10-15(12,13)5-3-4-8(11)14-2/h10H,1,3-6H2,2H3. The fourth-order valence-corrected chi connectivity index (χ4v) is 1.98. The molecule has 0 aromatic carbocycles. The molecule has 0 spiro atoms. The summed E-state index contributed by atoms with van der Waals surface area (Å²) in [6, 6.07) is 0. The Balaban J connectivity index is 3.84. The van der Waals surface area contributed by atoms with Crippen LogP contribution in [0.15, 0.2) is 11.6 Å². The van der Waals surface area contributed by atoms with Gasteiger partial charge in [-0.25, -0.2) is 13.1 Å². The molecule has 0 rings (SSSR count). The predicted octanol–water partition coefficient (Wildman–Crippen LogP) is 0.611. The van der Waals surface area contributed by atoms with Gasteiger partial charge in [-0.1, -0.05) is 18.2 Å². The zero-order chi connectivity index (χ0) is 11.9. The van der Waals surface area contributed by atoms with E-state index in [0.717, 1.165) is 0 Å². The maximum Gasteiger partial charge on any atom is 0.305 e. The molecule has 0 saturated carbocycles. The lowest BCUT2D eigenvalue weighted by Crippen LogP contribution is -2.27. The highest BCUT2D eigenvalue weighted by molar-refractivity contribution is 7.89. The maximum absolute atomic E-state index is 11.2. The van der Waals surface area contributed by atoms with E-state index < -0.39 is 16.0 Å². The van der Waals surface area contributed by atoms with Crippen LogP contribution in [0.25, 0.3) is 0 Å². The number of nitrogens with one attached hydrogen (secondary N) is 1. The Bertz CT molecular complexity index is 326. The average molecular weight is 256 g/mol. The molecule has 88 valence electrons. The Morgan fingerprint density at radius 3 is 2.60 bits per heavy atom. The summed E-state index contributed by atoms with van der Waals surface area (Å²) in [6.45, 7) is 3.35. The second-order valence-electron chi connectivity index (χ2n) is 2.84.